The van der Waals surface area contributed by atoms with Gasteiger partial charge in [-0.3, -0.25) is 0 Å². The maximum Gasteiger partial charge on any atom is 0.157 e. The van der Waals surface area contributed by atoms with E-state index in [2.05, 4.69) is 229 Å². The van der Waals surface area contributed by atoms with Crippen LogP contribution < -0.4 is 40.4 Å². The number of hydrogen-bond donors (Lipinski definition) is 3. The second kappa shape index (κ2) is 24.9. The summed E-state index contributed by atoms with van der Waals surface area (Å²) in [5, 5.41) is 12.3. The molecule has 12 aromatic rings. The molecule has 8 nitrogen and oxygen atoms in total. The molecule has 0 radical (unpaired) electrons. The van der Waals surface area contributed by atoms with Crippen molar-refractivity contribution >= 4 is 155 Å². The van der Waals surface area contributed by atoms with Crippen molar-refractivity contribution in [1.29, 1.82) is 0 Å². The van der Waals surface area contributed by atoms with Gasteiger partial charge in [-0.1, -0.05) is 204 Å². The summed E-state index contributed by atoms with van der Waals surface area (Å²) >= 11 is 24.2. The molecule has 424 valence electrons. The molecule has 4 aliphatic heterocycles. The fourth-order valence-electron chi connectivity index (χ4n) is 11.4. The molecule has 0 amide bonds. The van der Waals surface area contributed by atoms with Gasteiger partial charge in [-0.05, 0) is 158 Å². The molecule has 2 unspecified atom stereocenters. The van der Waals surface area contributed by atoms with E-state index < -0.39 is 0 Å². The van der Waals surface area contributed by atoms with Gasteiger partial charge >= 0.3 is 0 Å². The summed E-state index contributed by atoms with van der Waals surface area (Å²) in [6.07, 6.45) is 0. The Balaban J connectivity index is 0.000000131. The van der Waals surface area contributed by atoms with Crippen molar-refractivity contribution in [1.82, 2.24) is 0 Å². The molecule has 0 aromatic heterocycles. The zero-order valence-electron chi connectivity index (χ0n) is 46.7. The largest absolute Gasteiger partial charge is 0.356 e. The van der Waals surface area contributed by atoms with E-state index in [0.29, 0.717) is 15.1 Å². The Morgan fingerprint density at radius 2 is 0.644 bits per heavy atom. The van der Waals surface area contributed by atoms with Crippen molar-refractivity contribution in [3.8, 4) is 0 Å². The lowest BCUT2D eigenvalue weighted by Gasteiger charge is -2.31. The number of benzene rings is 12. The van der Waals surface area contributed by atoms with Gasteiger partial charge in [0.2, 0.25) is 0 Å². The number of rotatable bonds is 11. The summed E-state index contributed by atoms with van der Waals surface area (Å²) in [6, 6.07) is 104. The van der Waals surface area contributed by atoms with Gasteiger partial charge in [-0.15, -0.1) is 0 Å². The predicted molar refractivity (Wildman–Crippen MR) is 372 cm³/mol. The van der Waals surface area contributed by atoms with E-state index in [9.17, 15) is 0 Å². The average molecular weight is 1230 g/mol. The molecule has 0 spiro atoms. The number of fused-ring (bicyclic) bond motifs is 10. The van der Waals surface area contributed by atoms with Crippen LogP contribution in [0.15, 0.2) is 313 Å². The summed E-state index contributed by atoms with van der Waals surface area (Å²) in [7, 11) is 0. The van der Waals surface area contributed by atoms with E-state index in [-0.39, 0.29) is 11.0 Å². The molecule has 87 heavy (non-hydrogen) atoms. The molecule has 4 aliphatic rings. The first-order valence-electron chi connectivity index (χ1n) is 28.5. The minimum absolute atomic E-state index is 0.144. The SMILES string of the molecule is Clc1c(N(c2ccccc2)c2ccccc2)cccc1N(c1ccccc1)c1ccc2c(c1)N1c3ccccc3NC1S2.Clc1cccc(N(c2ccccc2)c2ccc3c(c2)N2c4ccccc4NC2S3)c1Cl.c1ccc(Nc2ccccc2)cc1. The molecule has 0 bridgehead atoms. The Kier molecular flexibility index (Phi) is 15.9. The quantitative estimate of drug-likeness (QED) is 0.117. The highest BCUT2D eigenvalue weighted by molar-refractivity contribution is 8.01. The fourth-order valence-corrected chi connectivity index (χ4v) is 14.4. The standard InChI is InChI=1S/C37H27ClN4S.C25H17Cl2N3S.C12H11N/c38-36-32(40(26-13-4-1-5-14-26)27-15-6-2-7-16-27)21-12-22-33(36)41(28-17-8-3-9-18-28)29-23-24-35-34(25-29)42-31-20-11-10-19-30(31)39-37(42)43-35;26-18-9-6-12-21(24(18)27)29(16-7-2-1-3-8-16)17-13-14-23-22(15-17)30-20-11-5-4-10-19(20)28-25(30)31-23;1-3-7-11(8-4-1)13-12-9-5-2-6-10-12/h1-25,37,39H;1-15,25,28H;1-10,13H. The van der Waals surface area contributed by atoms with Crippen LogP contribution in [0.3, 0.4) is 0 Å². The number of nitrogens with one attached hydrogen (secondary N) is 3. The normalized spacial score (nSPS) is 14.2. The van der Waals surface area contributed by atoms with Crippen molar-refractivity contribution in [3.63, 3.8) is 0 Å². The van der Waals surface area contributed by atoms with E-state index >= 15 is 0 Å². The molecule has 0 aliphatic carbocycles. The second-order valence-corrected chi connectivity index (χ2v) is 24.1. The Bertz CT molecular complexity index is 4290. The summed E-state index contributed by atoms with van der Waals surface area (Å²) in [5.41, 5.74) is 18.5. The molecule has 16 rings (SSSR count). The highest BCUT2D eigenvalue weighted by Crippen LogP contribution is 2.57. The zero-order chi connectivity index (χ0) is 58.6. The first kappa shape index (κ1) is 55.5. The first-order valence-corrected chi connectivity index (χ1v) is 31.4. The third-order valence-corrected chi connectivity index (χ3v) is 18.8. The molecule has 0 fully saturated rings. The predicted octanol–water partition coefficient (Wildman–Crippen LogP) is 23.1. The lowest BCUT2D eigenvalue weighted by Crippen LogP contribution is -2.23. The monoisotopic (exact) mass is 1220 g/mol. The highest BCUT2D eigenvalue weighted by atomic mass is 35.5. The van der Waals surface area contributed by atoms with Crippen LogP contribution in [0.5, 0.6) is 0 Å². The Morgan fingerprint density at radius 1 is 0.310 bits per heavy atom. The van der Waals surface area contributed by atoms with E-state index in [0.717, 1.165) is 73.9 Å². The summed E-state index contributed by atoms with van der Waals surface area (Å²) in [4.78, 5) is 13.9. The number of nitrogens with zero attached hydrogens (tertiary/aromatic N) is 5. The maximum atomic E-state index is 7.46. The van der Waals surface area contributed by atoms with Crippen LogP contribution in [0.2, 0.25) is 15.1 Å². The molecular weight excluding hydrogens is 1170 g/mol. The van der Waals surface area contributed by atoms with Gasteiger partial charge in [0.1, 0.15) is 0 Å². The van der Waals surface area contributed by atoms with Gasteiger partial charge in [0, 0.05) is 55.3 Å². The lowest BCUT2D eigenvalue weighted by molar-refractivity contribution is 1.04. The summed E-state index contributed by atoms with van der Waals surface area (Å²) in [6.45, 7) is 0. The molecule has 2 atom stereocenters. The maximum absolute atomic E-state index is 7.46. The van der Waals surface area contributed by atoms with Crippen molar-refractivity contribution in [3.05, 3.63) is 318 Å². The van der Waals surface area contributed by atoms with E-state index in [1.807, 2.05) is 139 Å². The topological polar surface area (TPSA) is 52.3 Å². The lowest BCUT2D eigenvalue weighted by atomic mass is 10.1. The van der Waals surface area contributed by atoms with Gasteiger partial charge in [0.25, 0.3) is 0 Å². The van der Waals surface area contributed by atoms with E-state index in [1.54, 1.807) is 0 Å². The minimum atomic E-state index is 0.144. The highest BCUT2D eigenvalue weighted by Gasteiger charge is 2.40. The fraction of sp³-hybridized carbons (Fsp3) is 0.0270. The molecular formula is C74H55Cl3N8S2. The van der Waals surface area contributed by atoms with Crippen LogP contribution >= 0.6 is 58.3 Å². The number of thioether (sulfide) groups is 2. The summed E-state index contributed by atoms with van der Waals surface area (Å²) in [5.74, 6) is 0. The first-order chi connectivity index (χ1) is 42.9. The van der Waals surface area contributed by atoms with Gasteiger partial charge in [0.15, 0.2) is 11.0 Å². The van der Waals surface area contributed by atoms with E-state index in [4.69, 9.17) is 34.8 Å². The van der Waals surface area contributed by atoms with Crippen molar-refractivity contribution in [2.45, 2.75) is 20.8 Å². The van der Waals surface area contributed by atoms with Crippen LogP contribution in [0.4, 0.5) is 96.7 Å². The van der Waals surface area contributed by atoms with E-state index in [1.165, 1.54) is 32.5 Å². The van der Waals surface area contributed by atoms with Crippen molar-refractivity contribution in [2.75, 3.05) is 40.4 Å². The molecule has 12 aromatic carbocycles. The van der Waals surface area contributed by atoms with Gasteiger partial charge in [-0.25, -0.2) is 0 Å². The van der Waals surface area contributed by atoms with Crippen LogP contribution in [0.25, 0.3) is 0 Å². The summed E-state index contributed by atoms with van der Waals surface area (Å²) < 4.78 is 0. The minimum Gasteiger partial charge on any atom is -0.356 e. The van der Waals surface area contributed by atoms with Crippen LogP contribution in [0, 0.1) is 0 Å². The van der Waals surface area contributed by atoms with Gasteiger partial charge in [0.05, 0.1) is 66.3 Å². The third kappa shape index (κ3) is 11.3. The van der Waals surface area contributed by atoms with Gasteiger partial charge < -0.3 is 40.4 Å². The van der Waals surface area contributed by atoms with Crippen LogP contribution in [-0.2, 0) is 0 Å². The zero-order valence-corrected chi connectivity index (χ0v) is 50.6. The molecule has 13 heteroatoms. The third-order valence-electron chi connectivity index (χ3n) is 15.3. The number of halogens is 3. The Labute approximate surface area is 530 Å². The molecule has 3 N–H and O–H groups in total. The smallest absolute Gasteiger partial charge is 0.157 e. The molecule has 0 saturated heterocycles. The number of hydrogen-bond acceptors (Lipinski definition) is 10. The van der Waals surface area contributed by atoms with Crippen molar-refractivity contribution < 1.29 is 0 Å². The van der Waals surface area contributed by atoms with Crippen molar-refractivity contribution in [2.24, 2.45) is 0 Å². The number of para-hydroxylation sites is 10. The van der Waals surface area contributed by atoms with Crippen LogP contribution in [0.1, 0.15) is 0 Å². The Morgan fingerprint density at radius 3 is 1.05 bits per heavy atom. The number of anilines is 17. The molecule has 4 heterocycles. The second-order valence-electron chi connectivity index (χ2n) is 20.7. The Hall–Kier alpha value is -9.39. The molecule has 0 saturated carbocycles. The van der Waals surface area contributed by atoms with Gasteiger partial charge in [-0.2, -0.15) is 0 Å². The average Bonchev–Trinajstić information content (AvgIpc) is 1.75. The van der Waals surface area contributed by atoms with Crippen LogP contribution in [-0.4, -0.2) is 11.0 Å².